The molecule has 23 heavy (non-hydrogen) atoms. The number of hydrogen-bond acceptors (Lipinski definition) is 4. The highest BCUT2D eigenvalue weighted by Crippen LogP contribution is 2.35. The van der Waals surface area contributed by atoms with Crippen LogP contribution in [0.4, 0.5) is 5.69 Å². The van der Waals surface area contributed by atoms with Gasteiger partial charge in [-0.15, -0.1) is 11.8 Å². The van der Waals surface area contributed by atoms with Crippen LogP contribution in [-0.2, 0) is 4.79 Å². The second kappa shape index (κ2) is 7.42. The van der Waals surface area contributed by atoms with Crippen molar-refractivity contribution in [3.05, 3.63) is 48.5 Å². The first-order valence-electron chi connectivity index (χ1n) is 7.64. The molecular formula is C18H19NO3S. The van der Waals surface area contributed by atoms with E-state index in [9.17, 15) is 4.79 Å². The van der Waals surface area contributed by atoms with Crippen molar-refractivity contribution in [2.24, 2.45) is 0 Å². The van der Waals surface area contributed by atoms with Crippen LogP contribution in [0.5, 0.6) is 11.5 Å². The zero-order valence-corrected chi connectivity index (χ0v) is 13.8. The van der Waals surface area contributed by atoms with E-state index in [4.69, 9.17) is 9.47 Å². The van der Waals surface area contributed by atoms with Gasteiger partial charge in [0.15, 0.2) is 11.5 Å². The highest BCUT2D eigenvalue weighted by molar-refractivity contribution is 8.00. The summed E-state index contributed by atoms with van der Waals surface area (Å²) in [6.07, 6.45) is 0.882. The quantitative estimate of drug-likeness (QED) is 0.862. The SMILES string of the molecule is C[C@H](Sc1ccc2c(c1)OCCCO2)C(=O)Nc1ccccc1. The predicted molar refractivity (Wildman–Crippen MR) is 92.4 cm³/mol. The maximum absolute atomic E-state index is 12.3. The summed E-state index contributed by atoms with van der Waals surface area (Å²) in [6.45, 7) is 3.23. The van der Waals surface area contributed by atoms with Crippen LogP contribution in [0.2, 0.25) is 0 Å². The van der Waals surface area contributed by atoms with Crippen LogP contribution < -0.4 is 14.8 Å². The number of ether oxygens (including phenoxy) is 2. The highest BCUT2D eigenvalue weighted by atomic mass is 32.2. The van der Waals surface area contributed by atoms with E-state index in [2.05, 4.69) is 5.32 Å². The number of fused-ring (bicyclic) bond motifs is 1. The third kappa shape index (κ3) is 4.20. The van der Waals surface area contributed by atoms with Crippen molar-refractivity contribution in [1.29, 1.82) is 0 Å². The van der Waals surface area contributed by atoms with Crippen molar-refractivity contribution in [3.63, 3.8) is 0 Å². The average molecular weight is 329 g/mol. The van der Waals surface area contributed by atoms with Gasteiger partial charge in [0.2, 0.25) is 5.91 Å². The standard InChI is InChI=1S/C18H19NO3S/c1-13(18(20)19-14-6-3-2-4-7-14)23-15-8-9-16-17(12-15)22-11-5-10-21-16/h2-4,6-9,12-13H,5,10-11H2,1H3,(H,19,20)/t13-/m0/s1. The summed E-state index contributed by atoms with van der Waals surface area (Å²) >= 11 is 1.50. The second-order valence-electron chi connectivity index (χ2n) is 5.27. The zero-order chi connectivity index (χ0) is 16.1. The fourth-order valence-corrected chi connectivity index (χ4v) is 3.14. The molecule has 0 bridgehead atoms. The molecule has 0 saturated heterocycles. The maximum atomic E-state index is 12.3. The first-order chi connectivity index (χ1) is 11.2. The van der Waals surface area contributed by atoms with E-state index in [1.807, 2.05) is 55.5 Å². The summed E-state index contributed by atoms with van der Waals surface area (Å²) in [5.74, 6) is 1.50. The molecule has 1 amide bonds. The third-order valence-corrected chi connectivity index (χ3v) is 4.54. The number of carbonyl (C=O) groups is 1. The molecular weight excluding hydrogens is 310 g/mol. The Morgan fingerprint density at radius 1 is 1.09 bits per heavy atom. The van der Waals surface area contributed by atoms with E-state index in [1.54, 1.807) is 0 Å². The minimum absolute atomic E-state index is 0.0201. The fourth-order valence-electron chi connectivity index (χ4n) is 2.24. The van der Waals surface area contributed by atoms with E-state index in [0.717, 1.165) is 28.5 Å². The lowest BCUT2D eigenvalue weighted by atomic mass is 10.3. The summed E-state index contributed by atoms with van der Waals surface area (Å²) < 4.78 is 11.3. The maximum Gasteiger partial charge on any atom is 0.237 e. The molecule has 0 saturated carbocycles. The topological polar surface area (TPSA) is 47.6 Å². The van der Waals surface area contributed by atoms with Crippen molar-refractivity contribution < 1.29 is 14.3 Å². The van der Waals surface area contributed by atoms with Crippen LogP contribution in [-0.4, -0.2) is 24.4 Å². The van der Waals surface area contributed by atoms with Crippen LogP contribution in [0.1, 0.15) is 13.3 Å². The smallest absolute Gasteiger partial charge is 0.237 e. The largest absolute Gasteiger partial charge is 0.490 e. The normalized spacial score (nSPS) is 14.7. The van der Waals surface area contributed by atoms with Gasteiger partial charge in [0.25, 0.3) is 0 Å². The van der Waals surface area contributed by atoms with Gasteiger partial charge in [-0.3, -0.25) is 4.79 Å². The average Bonchev–Trinajstić information content (AvgIpc) is 2.80. The molecule has 0 spiro atoms. The number of nitrogens with one attached hydrogen (secondary N) is 1. The van der Waals surface area contributed by atoms with Crippen LogP contribution in [0.3, 0.4) is 0 Å². The second-order valence-corrected chi connectivity index (χ2v) is 6.69. The van der Waals surface area contributed by atoms with Gasteiger partial charge in [0.1, 0.15) is 0 Å². The van der Waals surface area contributed by atoms with Gasteiger partial charge in [-0.25, -0.2) is 0 Å². The minimum atomic E-state index is -0.208. The van der Waals surface area contributed by atoms with Gasteiger partial charge in [-0.05, 0) is 37.3 Å². The van der Waals surface area contributed by atoms with E-state index < -0.39 is 0 Å². The molecule has 5 heteroatoms. The van der Waals surface area contributed by atoms with Gasteiger partial charge >= 0.3 is 0 Å². The molecule has 3 rings (SSSR count). The van der Waals surface area contributed by atoms with Crippen LogP contribution >= 0.6 is 11.8 Å². The number of carbonyl (C=O) groups excluding carboxylic acids is 1. The molecule has 0 aliphatic carbocycles. The van der Waals surface area contributed by atoms with Crippen molar-refractivity contribution >= 4 is 23.4 Å². The lowest BCUT2D eigenvalue weighted by Crippen LogP contribution is -2.22. The lowest BCUT2D eigenvalue weighted by Gasteiger charge is -2.13. The van der Waals surface area contributed by atoms with Crippen molar-refractivity contribution in [3.8, 4) is 11.5 Å². The number of anilines is 1. The Labute approximate surface area is 140 Å². The number of benzene rings is 2. The Hall–Kier alpha value is -2.14. The summed E-state index contributed by atoms with van der Waals surface area (Å²) in [5.41, 5.74) is 0.809. The van der Waals surface area contributed by atoms with Crippen molar-refractivity contribution in [2.45, 2.75) is 23.5 Å². The Morgan fingerprint density at radius 3 is 2.61 bits per heavy atom. The Morgan fingerprint density at radius 2 is 1.83 bits per heavy atom. The summed E-state index contributed by atoms with van der Waals surface area (Å²) in [7, 11) is 0. The van der Waals surface area contributed by atoms with Crippen LogP contribution in [0, 0.1) is 0 Å². The predicted octanol–water partition coefficient (Wildman–Crippen LogP) is 3.97. The molecule has 0 fully saturated rings. The molecule has 1 atom stereocenters. The Balaban J connectivity index is 1.64. The van der Waals surface area contributed by atoms with Crippen LogP contribution in [0.25, 0.3) is 0 Å². The number of thioether (sulfide) groups is 1. The van der Waals surface area contributed by atoms with Crippen molar-refractivity contribution in [2.75, 3.05) is 18.5 Å². The molecule has 4 nitrogen and oxygen atoms in total. The molecule has 1 aliphatic heterocycles. The number of rotatable bonds is 4. The van der Waals surface area contributed by atoms with Gasteiger partial charge in [-0.1, -0.05) is 18.2 Å². The summed E-state index contributed by atoms with van der Waals surface area (Å²) in [4.78, 5) is 13.3. The van der Waals surface area contributed by atoms with Crippen molar-refractivity contribution in [1.82, 2.24) is 0 Å². The monoisotopic (exact) mass is 329 g/mol. The molecule has 1 aliphatic rings. The van der Waals surface area contributed by atoms with E-state index >= 15 is 0 Å². The molecule has 1 N–H and O–H groups in total. The first-order valence-corrected chi connectivity index (χ1v) is 8.52. The Bertz CT molecular complexity index is 675. The lowest BCUT2D eigenvalue weighted by molar-refractivity contribution is -0.115. The molecule has 0 radical (unpaired) electrons. The molecule has 1 heterocycles. The van der Waals surface area contributed by atoms with Crippen LogP contribution in [0.15, 0.2) is 53.4 Å². The first kappa shape index (κ1) is 15.7. The highest BCUT2D eigenvalue weighted by Gasteiger charge is 2.17. The minimum Gasteiger partial charge on any atom is -0.490 e. The Kier molecular flexibility index (Phi) is 5.08. The number of amides is 1. The zero-order valence-electron chi connectivity index (χ0n) is 13.0. The number of hydrogen-bond donors (Lipinski definition) is 1. The number of para-hydroxylation sites is 1. The van der Waals surface area contributed by atoms with E-state index in [1.165, 1.54) is 11.8 Å². The third-order valence-electron chi connectivity index (χ3n) is 3.44. The molecule has 0 aromatic heterocycles. The van der Waals surface area contributed by atoms with Gasteiger partial charge in [-0.2, -0.15) is 0 Å². The van der Waals surface area contributed by atoms with Gasteiger partial charge in [0.05, 0.1) is 18.5 Å². The van der Waals surface area contributed by atoms with E-state index in [0.29, 0.717) is 13.2 Å². The fraction of sp³-hybridized carbons (Fsp3) is 0.278. The molecule has 2 aromatic rings. The van der Waals surface area contributed by atoms with E-state index in [-0.39, 0.29) is 11.2 Å². The molecule has 120 valence electrons. The molecule has 0 unspecified atom stereocenters. The van der Waals surface area contributed by atoms with Gasteiger partial charge in [0, 0.05) is 17.0 Å². The van der Waals surface area contributed by atoms with Gasteiger partial charge < -0.3 is 14.8 Å². The summed E-state index contributed by atoms with van der Waals surface area (Å²) in [5, 5.41) is 2.71. The molecule has 2 aromatic carbocycles. The summed E-state index contributed by atoms with van der Waals surface area (Å²) in [6, 6.07) is 15.3.